The minimum Gasteiger partial charge on any atom is -0.458 e. The first-order chi connectivity index (χ1) is 30.5. The molecule has 3 atom stereocenters. The summed E-state index contributed by atoms with van der Waals surface area (Å²) in [6.07, 6.45) is 60.6. The predicted molar refractivity (Wildman–Crippen MR) is 269 cm³/mol. The molecule has 0 bridgehead atoms. The van der Waals surface area contributed by atoms with Gasteiger partial charge in [-0.1, -0.05) is 243 Å². The lowest BCUT2D eigenvalue weighted by Gasteiger charge is -2.23. The van der Waals surface area contributed by atoms with Crippen molar-refractivity contribution in [1.29, 1.82) is 0 Å². The van der Waals surface area contributed by atoms with Crippen molar-refractivity contribution in [2.45, 2.75) is 289 Å². The van der Waals surface area contributed by atoms with E-state index in [0.717, 1.165) is 64.2 Å². The Hall–Kier alpha value is -2.18. The maximum Gasteiger partial charge on any atom is 0.306 e. The van der Waals surface area contributed by atoms with Gasteiger partial charge in [0.25, 0.3) is 0 Å². The van der Waals surface area contributed by atoms with Gasteiger partial charge in [-0.25, -0.2) is 0 Å². The number of hydrogen-bond acceptors (Lipinski definition) is 5. The van der Waals surface area contributed by atoms with E-state index in [1.165, 1.54) is 161 Å². The fraction of sp³-hybridized carbons (Fsp3) is 0.821. The Kier molecular flexibility index (Phi) is 48.1. The maximum absolute atomic E-state index is 13.2. The van der Waals surface area contributed by atoms with Crippen molar-refractivity contribution in [2.75, 3.05) is 6.61 Å². The van der Waals surface area contributed by atoms with Crippen LogP contribution in [0.15, 0.2) is 48.6 Å². The molecule has 0 aromatic carbocycles. The Balaban J connectivity index is 4.58. The first-order valence-electron chi connectivity index (χ1n) is 26.9. The maximum atomic E-state index is 13.2. The molecule has 0 saturated carbocycles. The van der Waals surface area contributed by atoms with Gasteiger partial charge < -0.3 is 20.3 Å². The number of ether oxygens (including phenoxy) is 1. The molecule has 6 nitrogen and oxygen atoms in total. The molecule has 0 aliphatic heterocycles. The summed E-state index contributed by atoms with van der Waals surface area (Å²) in [4.78, 5) is 26.1. The highest BCUT2D eigenvalue weighted by atomic mass is 16.5. The van der Waals surface area contributed by atoms with Crippen LogP contribution in [0.1, 0.15) is 271 Å². The molecule has 0 aliphatic carbocycles. The molecule has 62 heavy (non-hydrogen) atoms. The number of amides is 1. The number of nitrogens with one attached hydrogen (secondary N) is 1. The first-order valence-corrected chi connectivity index (χ1v) is 26.9. The minimum absolute atomic E-state index is 0.0341. The Bertz CT molecular complexity index is 1070. The van der Waals surface area contributed by atoms with E-state index in [9.17, 15) is 19.8 Å². The van der Waals surface area contributed by atoms with Gasteiger partial charge in [-0.2, -0.15) is 0 Å². The lowest BCUT2D eigenvalue weighted by atomic mass is 10.0. The third kappa shape index (κ3) is 44.4. The smallest absolute Gasteiger partial charge is 0.306 e. The summed E-state index contributed by atoms with van der Waals surface area (Å²) >= 11 is 0. The molecular formula is C56H103NO5. The van der Waals surface area contributed by atoms with Crippen LogP contribution in [0, 0.1) is 0 Å². The molecular weight excluding hydrogens is 767 g/mol. The number of hydrogen-bond donors (Lipinski definition) is 3. The van der Waals surface area contributed by atoms with Gasteiger partial charge in [-0.3, -0.25) is 9.59 Å². The summed E-state index contributed by atoms with van der Waals surface area (Å²) in [6.45, 7) is 6.45. The monoisotopic (exact) mass is 870 g/mol. The molecule has 0 heterocycles. The molecule has 0 aromatic rings. The second-order valence-electron chi connectivity index (χ2n) is 18.3. The normalized spacial score (nSPS) is 13.6. The number of rotatable bonds is 48. The number of aliphatic hydroxyl groups is 2. The second kappa shape index (κ2) is 49.8. The van der Waals surface area contributed by atoms with Gasteiger partial charge >= 0.3 is 5.97 Å². The minimum atomic E-state index is -0.813. The van der Waals surface area contributed by atoms with Crippen LogP contribution >= 0.6 is 0 Å². The molecule has 0 rings (SSSR count). The zero-order chi connectivity index (χ0) is 45.2. The van der Waals surface area contributed by atoms with Crippen molar-refractivity contribution in [3.05, 3.63) is 48.6 Å². The van der Waals surface area contributed by atoms with Crippen LogP contribution in [0.5, 0.6) is 0 Å². The Morgan fingerprint density at radius 3 is 1.35 bits per heavy atom. The number of carbonyl (C=O) groups is 2. The number of carbonyl (C=O) groups excluding carboxylic acids is 2. The van der Waals surface area contributed by atoms with Crippen LogP contribution in [-0.2, 0) is 14.3 Å². The van der Waals surface area contributed by atoms with E-state index < -0.39 is 18.2 Å². The predicted octanol–water partition coefficient (Wildman–Crippen LogP) is 16.2. The lowest BCUT2D eigenvalue weighted by molar-refractivity contribution is -0.148. The number of aliphatic hydroxyl groups excluding tert-OH is 2. The van der Waals surface area contributed by atoms with Gasteiger partial charge in [-0.15, -0.1) is 0 Å². The fourth-order valence-electron chi connectivity index (χ4n) is 8.03. The standard InChI is InChI=1S/C56H103NO5/c1-4-7-10-13-16-19-22-24-26-27-28-29-31-34-37-40-43-46-49-56(61)62-52(47-44-41-38-35-32-21-18-15-12-9-6-3)50-55(60)57-53(51-58)54(59)48-45-42-39-36-33-30-25-23-20-17-14-11-8-5-2/h26-29,35,38,44,47,52-54,58-59H,4-25,30-34,36-37,39-43,45-46,48-51H2,1-3H3,(H,57,60)/b27-26+,29-28+,38-35-,47-44+. The quantitative estimate of drug-likeness (QED) is 0.0245. The van der Waals surface area contributed by atoms with Crippen molar-refractivity contribution in [2.24, 2.45) is 0 Å². The molecule has 3 unspecified atom stereocenters. The third-order valence-corrected chi connectivity index (χ3v) is 12.2. The van der Waals surface area contributed by atoms with E-state index in [1.54, 1.807) is 0 Å². The van der Waals surface area contributed by atoms with Crippen molar-refractivity contribution in [3.8, 4) is 0 Å². The average molecular weight is 870 g/mol. The Morgan fingerprint density at radius 1 is 0.500 bits per heavy atom. The van der Waals surface area contributed by atoms with Crippen LogP contribution in [0.25, 0.3) is 0 Å². The molecule has 0 radical (unpaired) electrons. The van der Waals surface area contributed by atoms with Crippen LogP contribution in [-0.4, -0.2) is 46.9 Å². The van der Waals surface area contributed by atoms with Crippen molar-refractivity contribution in [3.63, 3.8) is 0 Å². The molecule has 0 aromatic heterocycles. The van der Waals surface area contributed by atoms with E-state index in [4.69, 9.17) is 4.74 Å². The first kappa shape index (κ1) is 59.8. The number of unbranched alkanes of at least 4 members (excludes halogenated alkanes) is 31. The van der Waals surface area contributed by atoms with Gasteiger partial charge in [-0.05, 0) is 63.9 Å². The summed E-state index contributed by atoms with van der Waals surface area (Å²) in [6, 6.07) is -0.735. The summed E-state index contributed by atoms with van der Waals surface area (Å²) in [5.74, 6) is -0.614. The van der Waals surface area contributed by atoms with Gasteiger partial charge in [0.05, 0.1) is 25.2 Å². The lowest BCUT2D eigenvalue weighted by Crippen LogP contribution is -2.46. The summed E-state index contributed by atoms with van der Waals surface area (Å²) in [5.41, 5.74) is 0. The van der Waals surface area contributed by atoms with Crippen LogP contribution in [0.2, 0.25) is 0 Å². The summed E-state index contributed by atoms with van der Waals surface area (Å²) < 4.78 is 5.83. The van der Waals surface area contributed by atoms with Gasteiger partial charge in [0.2, 0.25) is 5.91 Å². The van der Waals surface area contributed by atoms with E-state index in [-0.39, 0.29) is 24.9 Å². The largest absolute Gasteiger partial charge is 0.458 e. The molecule has 1 amide bonds. The highest BCUT2D eigenvalue weighted by molar-refractivity contribution is 5.78. The van der Waals surface area contributed by atoms with Crippen LogP contribution < -0.4 is 5.32 Å². The third-order valence-electron chi connectivity index (χ3n) is 12.2. The summed E-state index contributed by atoms with van der Waals surface area (Å²) in [5, 5.41) is 23.7. The van der Waals surface area contributed by atoms with Crippen molar-refractivity contribution in [1.82, 2.24) is 5.32 Å². The van der Waals surface area contributed by atoms with Crippen molar-refractivity contribution >= 4 is 11.9 Å². The zero-order valence-corrected chi connectivity index (χ0v) is 41.3. The molecule has 0 saturated heterocycles. The Labute approximate surface area is 385 Å². The SMILES string of the molecule is CCCCCCCC/C=C\C/C=C/C(CC(=O)NC(CO)C(O)CCCCCCCCCCCCCCCC)OC(=O)CCCCCCC/C=C/C=C/CCCCCCCCC. The second-order valence-corrected chi connectivity index (χ2v) is 18.3. The number of allylic oxidation sites excluding steroid dienone is 7. The molecule has 0 spiro atoms. The molecule has 3 N–H and O–H groups in total. The van der Waals surface area contributed by atoms with Gasteiger partial charge in [0.1, 0.15) is 6.10 Å². The molecule has 362 valence electrons. The number of esters is 1. The average Bonchev–Trinajstić information content (AvgIpc) is 3.26. The van der Waals surface area contributed by atoms with Gasteiger partial charge in [0, 0.05) is 6.42 Å². The van der Waals surface area contributed by atoms with E-state index in [0.29, 0.717) is 19.3 Å². The molecule has 0 fully saturated rings. The van der Waals surface area contributed by atoms with Crippen molar-refractivity contribution < 1.29 is 24.5 Å². The summed E-state index contributed by atoms with van der Waals surface area (Å²) in [7, 11) is 0. The fourth-order valence-corrected chi connectivity index (χ4v) is 8.03. The molecule has 6 heteroatoms. The zero-order valence-electron chi connectivity index (χ0n) is 41.3. The highest BCUT2D eigenvalue weighted by Crippen LogP contribution is 2.16. The van der Waals surface area contributed by atoms with Crippen LogP contribution in [0.4, 0.5) is 0 Å². The van der Waals surface area contributed by atoms with Gasteiger partial charge in [0.15, 0.2) is 0 Å². The Morgan fingerprint density at radius 2 is 0.903 bits per heavy atom. The highest BCUT2D eigenvalue weighted by Gasteiger charge is 2.23. The topological polar surface area (TPSA) is 95.9 Å². The van der Waals surface area contributed by atoms with Crippen LogP contribution in [0.3, 0.4) is 0 Å². The van der Waals surface area contributed by atoms with E-state index in [2.05, 4.69) is 62.5 Å². The molecule has 0 aliphatic rings. The van der Waals surface area contributed by atoms with E-state index in [1.807, 2.05) is 12.2 Å². The van der Waals surface area contributed by atoms with E-state index >= 15 is 0 Å².